The Bertz CT molecular complexity index is 462. The molecule has 0 atom stereocenters. The van der Waals surface area contributed by atoms with Crippen molar-refractivity contribution in [2.24, 2.45) is 0 Å². The van der Waals surface area contributed by atoms with Crippen LogP contribution in [0.1, 0.15) is 17.6 Å². The number of alkyl halides is 5. The Hall–Kier alpha value is -1.51. The molecule has 1 heterocycles. The van der Waals surface area contributed by atoms with Crippen LogP contribution in [0.3, 0.4) is 0 Å². The first-order valence-corrected chi connectivity index (χ1v) is 4.22. The van der Waals surface area contributed by atoms with E-state index in [4.69, 9.17) is 11.6 Å². The second kappa shape index (κ2) is 4.40. The van der Waals surface area contributed by atoms with Gasteiger partial charge in [-0.05, 0) is 0 Å². The summed E-state index contributed by atoms with van der Waals surface area (Å²) in [5.41, 5.74) is -5.32. The monoisotopic (exact) mass is 276 g/mol. The molecule has 0 saturated heterocycles. The van der Waals surface area contributed by atoms with Gasteiger partial charge in [0.2, 0.25) is 5.15 Å². The highest BCUT2D eigenvalue weighted by Crippen LogP contribution is 2.43. The van der Waals surface area contributed by atoms with Crippen LogP contribution in [0, 0.1) is 10.1 Å². The van der Waals surface area contributed by atoms with Gasteiger partial charge in [0.05, 0.1) is 10.5 Å². The molecule has 0 aliphatic heterocycles. The molecule has 0 saturated carbocycles. The molecule has 0 aromatic carbocycles. The Kier molecular flexibility index (Phi) is 3.51. The first kappa shape index (κ1) is 13.6. The minimum atomic E-state index is -5.32. The summed E-state index contributed by atoms with van der Waals surface area (Å²) in [6.07, 6.45) is -8.70. The van der Waals surface area contributed by atoms with Crippen LogP contribution in [0.4, 0.5) is 27.6 Å². The van der Waals surface area contributed by atoms with Crippen molar-refractivity contribution in [1.82, 2.24) is 4.98 Å². The highest BCUT2D eigenvalue weighted by atomic mass is 35.5. The SMILES string of the molecule is O=[N+]([O-])c1c(Cl)ncc(C(F)F)c1C(F)(F)F. The van der Waals surface area contributed by atoms with Crippen LogP contribution in [-0.2, 0) is 6.18 Å². The Balaban J connectivity index is 3.68. The molecule has 0 unspecified atom stereocenters. The first-order chi connectivity index (χ1) is 7.66. The second-order valence-electron chi connectivity index (χ2n) is 2.78. The molecule has 0 amide bonds. The fraction of sp³-hybridized carbons (Fsp3) is 0.286. The number of rotatable bonds is 2. The maximum atomic E-state index is 12.5. The minimum absolute atomic E-state index is 0.169. The van der Waals surface area contributed by atoms with Gasteiger partial charge in [0.1, 0.15) is 5.56 Å². The smallest absolute Gasteiger partial charge is 0.258 e. The van der Waals surface area contributed by atoms with Gasteiger partial charge in [-0.25, -0.2) is 13.8 Å². The predicted octanol–water partition coefficient (Wildman–Crippen LogP) is 3.60. The Morgan fingerprint density at radius 2 is 1.94 bits per heavy atom. The van der Waals surface area contributed by atoms with Gasteiger partial charge in [-0.15, -0.1) is 0 Å². The third-order valence-electron chi connectivity index (χ3n) is 1.74. The summed E-state index contributed by atoms with van der Waals surface area (Å²) in [6, 6.07) is 0. The van der Waals surface area contributed by atoms with Crippen molar-refractivity contribution in [3.63, 3.8) is 0 Å². The van der Waals surface area contributed by atoms with E-state index in [2.05, 4.69) is 4.98 Å². The molecule has 0 aliphatic rings. The topological polar surface area (TPSA) is 56.0 Å². The lowest BCUT2D eigenvalue weighted by molar-refractivity contribution is -0.388. The van der Waals surface area contributed by atoms with Crippen LogP contribution < -0.4 is 0 Å². The van der Waals surface area contributed by atoms with Crippen molar-refractivity contribution in [2.45, 2.75) is 12.6 Å². The largest absolute Gasteiger partial charge is 0.423 e. The number of hydrogen-bond acceptors (Lipinski definition) is 3. The van der Waals surface area contributed by atoms with Crippen LogP contribution >= 0.6 is 11.6 Å². The number of hydrogen-bond donors (Lipinski definition) is 0. The van der Waals surface area contributed by atoms with Gasteiger partial charge in [-0.3, -0.25) is 10.1 Å². The van der Waals surface area contributed by atoms with Gasteiger partial charge in [-0.2, -0.15) is 13.2 Å². The fourth-order valence-electron chi connectivity index (χ4n) is 1.12. The van der Waals surface area contributed by atoms with Gasteiger partial charge in [-0.1, -0.05) is 11.6 Å². The van der Waals surface area contributed by atoms with Crippen molar-refractivity contribution in [1.29, 1.82) is 0 Å². The van der Waals surface area contributed by atoms with Crippen molar-refractivity contribution < 1.29 is 26.9 Å². The van der Waals surface area contributed by atoms with Crippen molar-refractivity contribution >= 4 is 17.3 Å². The zero-order valence-electron chi connectivity index (χ0n) is 7.63. The molecule has 0 aliphatic carbocycles. The molecule has 10 heteroatoms. The van der Waals surface area contributed by atoms with Crippen LogP contribution in [0.25, 0.3) is 0 Å². The van der Waals surface area contributed by atoms with E-state index >= 15 is 0 Å². The average Bonchev–Trinajstić information content (AvgIpc) is 2.14. The average molecular weight is 277 g/mol. The van der Waals surface area contributed by atoms with E-state index < -0.39 is 39.5 Å². The lowest BCUT2D eigenvalue weighted by Gasteiger charge is -2.12. The number of nitrogens with zero attached hydrogens (tertiary/aromatic N) is 2. The molecular formula is C7H2ClF5N2O2. The fourth-order valence-corrected chi connectivity index (χ4v) is 1.33. The summed E-state index contributed by atoms with van der Waals surface area (Å²) in [6.45, 7) is 0. The van der Waals surface area contributed by atoms with Gasteiger partial charge >= 0.3 is 11.9 Å². The van der Waals surface area contributed by atoms with Crippen LogP contribution in [-0.4, -0.2) is 9.91 Å². The van der Waals surface area contributed by atoms with E-state index in [1.807, 2.05) is 0 Å². The molecule has 1 rings (SSSR count). The lowest BCUT2D eigenvalue weighted by atomic mass is 10.1. The van der Waals surface area contributed by atoms with E-state index in [0.29, 0.717) is 0 Å². The van der Waals surface area contributed by atoms with Gasteiger partial charge in [0, 0.05) is 6.20 Å². The highest BCUT2D eigenvalue weighted by Gasteiger charge is 2.44. The van der Waals surface area contributed by atoms with E-state index in [1.54, 1.807) is 0 Å². The van der Waals surface area contributed by atoms with E-state index in [1.165, 1.54) is 0 Å². The molecule has 1 aromatic heterocycles. The summed E-state index contributed by atoms with van der Waals surface area (Å²) < 4.78 is 62.1. The standard InChI is InChI=1S/C7H2ClF5N2O2/c8-5-4(15(16)17)3(7(11,12)13)2(1-14-5)6(9)10/h1,6H. The maximum Gasteiger partial charge on any atom is 0.423 e. The number of nitro groups is 1. The second-order valence-corrected chi connectivity index (χ2v) is 3.14. The minimum Gasteiger partial charge on any atom is -0.258 e. The zero-order chi connectivity index (χ0) is 13.4. The number of pyridine rings is 1. The predicted molar refractivity (Wildman–Crippen MR) is 45.9 cm³/mol. The Morgan fingerprint density at radius 1 is 1.41 bits per heavy atom. The van der Waals surface area contributed by atoms with Crippen LogP contribution in [0.15, 0.2) is 6.20 Å². The molecule has 4 nitrogen and oxygen atoms in total. The first-order valence-electron chi connectivity index (χ1n) is 3.84. The Morgan fingerprint density at radius 3 is 2.29 bits per heavy atom. The number of aromatic nitrogens is 1. The summed E-state index contributed by atoms with van der Waals surface area (Å²) in [4.78, 5) is 11.8. The summed E-state index contributed by atoms with van der Waals surface area (Å²) in [5, 5.41) is 9.31. The van der Waals surface area contributed by atoms with E-state index in [9.17, 15) is 32.1 Å². The summed E-state index contributed by atoms with van der Waals surface area (Å²) in [5.74, 6) is 0. The normalized spacial score (nSPS) is 11.9. The third kappa shape index (κ3) is 2.60. The van der Waals surface area contributed by atoms with Crippen molar-refractivity contribution in [3.05, 3.63) is 32.6 Å². The van der Waals surface area contributed by atoms with Gasteiger partial charge < -0.3 is 0 Å². The van der Waals surface area contributed by atoms with E-state index in [0.717, 1.165) is 0 Å². The van der Waals surface area contributed by atoms with Gasteiger partial charge in [0.15, 0.2) is 0 Å². The van der Waals surface area contributed by atoms with Crippen LogP contribution in [0.5, 0.6) is 0 Å². The van der Waals surface area contributed by atoms with Crippen LogP contribution in [0.2, 0.25) is 5.15 Å². The Labute approximate surface area is 95.2 Å². The summed E-state index contributed by atoms with van der Waals surface area (Å²) in [7, 11) is 0. The zero-order valence-corrected chi connectivity index (χ0v) is 8.39. The quantitative estimate of drug-likeness (QED) is 0.359. The molecular weight excluding hydrogens is 275 g/mol. The molecule has 17 heavy (non-hydrogen) atoms. The molecule has 0 bridgehead atoms. The molecule has 0 radical (unpaired) electrons. The molecule has 0 N–H and O–H groups in total. The maximum absolute atomic E-state index is 12.5. The number of halogens is 6. The lowest BCUT2D eigenvalue weighted by Crippen LogP contribution is -2.14. The molecule has 0 fully saturated rings. The molecule has 0 spiro atoms. The van der Waals surface area contributed by atoms with E-state index in [-0.39, 0.29) is 6.20 Å². The highest BCUT2D eigenvalue weighted by molar-refractivity contribution is 6.31. The van der Waals surface area contributed by atoms with Crippen molar-refractivity contribution in [2.75, 3.05) is 0 Å². The van der Waals surface area contributed by atoms with Gasteiger partial charge in [0.25, 0.3) is 6.43 Å². The summed E-state index contributed by atoms with van der Waals surface area (Å²) >= 11 is 5.11. The third-order valence-corrected chi connectivity index (χ3v) is 2.02. The molecule has 94 valence electrons. The van der Waals surface area contributed by atoms with Crippen molar-refractivity contribution in [3.8, 4) is 0 Å². The molecule has 1 aromatic rings.